The van der Waals surface area contributed by atoms with E-state index in [0.717, 1.165) is 0 Å². The summed E-state index contributed by atoms with van der Waals surface area (Å²) in [7, 11) is 0. The van der Waals surface area contributed by atoms with Gasteiger partial charge in [0.25, 0.3) is 0 Å². The smallest absolute Gasteiger partial charge is 0.141 e. The van der Waals surface area contributed by atoms with E-state index >= 15 is 0 Å². The van der Waals surface area contributed by atoms with Gasteiger partial charge in [-0.3, -0.25) is 4.98 Å². The molecule has 1 aromatic heterocycles. The third-order valence-electron chi connectivity index (χ3n) is 1.52. The Labute approximate surface area is 83.8 Å². The van der Waals surface area contributed by atoms with E-state index in [1.54, 1.807) is 0 Å². The van der Waals surface area contributed by atoms with Crippen LogP contribution in [-0.2, 0) is 0 Å². The molecule has 6 heteroatoms. The lowest BCUT2D eigenvalue weighted by Gasteiger charge is -2.13. The second kappa shape index (κ2) is 4.50. The lowest BCUT2D eigenvalue weighted by molar-refractivity contribution is 0.0313. The molecule has 0 spiro atoms. The number of halogens is 1. The number of nitrogens with two attached hydrogens (primary N) is 1. The average molecular weight is 248 g/mol. The summed E-state index contributed by atoms with van der Waals surface area (Å²) in [6.45, 7) is 0. The molecule has 13 heavy (non-hydrogen) atoms. The summed E-state index contributed by atoms with van der Waals surface area (Å²) in [6, 6.07) is 0. The predicted octanol–water partition coefficient (Wildman–Crippen LogP) is -0.152. The molecule has 1 aromatic rings. The molecule has 0 aliphatic rings. The Kier molecular flexibility index (Phi) is 3.58. The first-order valence-electron chi connectivity index (χ1n) is 3.64. The molecule has 0 aromatic carbocycles. The monoisotopic (exact) mass is 247 g/mol. The van der Waals surface area contributed by atoms with E-state index < -0.39 is 12.2 Å². The van der Waals surface area contributed by atoms with E-state index in [-0.39, 0.29) is 11.1 Å². The number of aliphatic hydroxyl groups is 2. The molecule has 0 aliphatic carbocycles. The predicted molar refractivity (Wildman–Crippen MR) is 51.2 cm³/mol. The zero-order valence-corrected chi connectivity index (χ0v) is 8.35. The van der Waals surface area contributed by atoms with Crippen molar-refractivity contribution in [2.75, 3.05) is 11.1 Å². The Morgan fingerprint density at radius 3 is 2.54 bits per heavy atom. The number of hydrogen-bond donors (Lipinski definition) is 3. The summed E-state index contributed by atoms with van der Waals surface area (Å²) >= 11 is 3.04. The van der Waals surface area contributed by atoms with Crippen LogP contribution in [0.3, 0.4) is 0 Å². The molecule has 5 nitrogen and oxygen atoms in total. The van der Waals surface area contributed by atoms with Crippen LogP contribution in [0.2, 0.25) is 0 Å². The van der Waals surface area contributed by atoms with E-state index in [9.17, 15) is 10.2 Å². The van der Waals surface area contributed by atoms with E-state index in [2.05, 4.69) is 25.9 Å². The maximum absolute atomic E-state index is 9.46. The fourth-order valence-electron chi connectivity index (χ4n) is 0.782. The topological polar surface area (TPSA) is 92.3 Å². The van der Waals surface area contributed by atoms with Crippen molar-refractivity contribution in [1.82, 2.24) is 9.97 Å². The second-order valence-corrected chi connectivity index (χ2v) is 3.18. The van der Waals surface area contributed by atoms with Crippen LogP contribution in [0, 0.1) is 0 Å². The minimum absolute atomic E-state index is 0.278. The molecule has 72 valence electrons. The largest absolute Gasteiger partial charge is 0.389 e. The summed E-state index contributed by atoms with van der Waals surface area (Å²) in [5.41, 5.74) is 5.62. The number of anilines is 1. The summed E-state index contributed by atoms with van der Waals surface area (Å²) in [4.78, 5) is 7.57. The highest BCUT2D eigenvalue weighted by molar-refractivity contribution is 9.09. The Morgan fingerprint density at radius 1 is 1.38 bits per heavy atom. The molecule has 0 radical (unpaired) electrons. The Hall–Kier alpha value is -0.720. The van der Waals surface area contributed by atoms with Crippen molar-refractivity contribution in [1.29, 1.82) is 0 Å². The zero-order valence-electron chi connectivity index (χ0n) is 6.76. The molecule has 1 heterocycles. The third-order valence-corrected chi connectivity index (χ3v) is 2.18. The molecule has 0 aliphatic heterocycles. The molecule has 4 N–H and O–H groups in total. The fraction of sp³-hybridized carbons (Fsp3) is 0.429. The molecular weight excluding hydrogens is 238 g/mol. The first kappa shape index (κ1) is 10.4. The van der Waals surface area contributed by atoms with Gasteiger partial charge >= 0.3 is 0 Å². The molecule has 0 bridgehead atoms. The molecule has 0 fully saturated rings. The van der Waals surface area contributed by atoms with Gasteiger partial charge in [-0.05, 0) is 0 Å². The number of hydrogen-bond acceptors (Lipinski definition) is 5. The molecule has 2 unspecified atom stereocenters. The molecule has 0 amide bonds. The van der Waals surface area contributed by atoms with E-state index in [1.807, 2.05) is 0 Å². The number of nitrogen functional groups attached to an aromatic ring is 1. The van der Waals surface area contributed by atoms with E-state index in [1.165, 1.54) is 12.4 Å². The quantitative estimate of drug-likeness (QED) is 0.647. The molecule has 1 rings (SSSR count). The SMILES string of the molecule is Nc1cnc(C(O)C(O)CBr)cn1. The van der Waals surface area contributed by atoms with Crippen molar-refractivity contribution >= 4 is 21.7 Å². The van der Waals surface area contributed by atoms with Gasteiger partial charge in [0, 0.05) is 5.33 Å². The number of aromatic nitrogens is 2. The van der Waals surface area contributed by atoms with Crippen molar-refractivity contribution < 1.29 is 10.2 Å². The lowest BCUT2D eigenvalue weighted by atomic mass is 10.2. The molecular formula is C7H10BrN3O2. The van der Waals surface area contributed by atoms with Crippen LogP contribution in [0.1, 0.15) is 11.8 Å². The van der Waals surface area contributed by atoms with Crippen LogP contribution in [0.4, 0.5) is 5.82 Å². The molecule has 0 saturated heterocycles. The lowest BCUT2D eigenvalue weighted by Crippen LogP contribution is -2.20. The van der Waals surface area contributed by atoms with Crippen molar-refractivity contribution in [3.63, 3.8) is 0 Å². The summed E-state index contributed by atoms with van der Waals surface area (Å²) in [5, 5.41) is 19.0. The number of aliphatic hydroxyl groups excluding tert-OH is 2. The number of alkyl halides is 1. The average Bonchev–Trinajstić information content (AvgIpc) is 2.17. The third kappa shape index (κ3) is 2.61. The number of nitrogens with zero attached hydrogens (tertiary/aromatic N) is 2. The van der Waals surface area contributed by atoms with Gasteiger partial charge in [-0.1, -0.05) is 15.9 Å². The Bertz CT molecular complexity index is 267. The first-order valence-corrected chi connectivity index (χ1v) is 4.77. The summed E-state index contributed by atoms with van der Waals surface area (Å²) in [6.07, 6.45) is 0.746. The van der Waals surface area contributed by atoms with Gasteiger partial charge in [-0.25, -0.2) is 4.98 Å². The van der Waals surface area contributed by atoms with Gasteiger partial charge in [0.2, 0.25) is 0 Å². The minimum Gasteiger partial charge on any atom is -0.389 e. The summed E-state index contributed by atoms with van der Waals surface area (Å²) < 4.78 is 0. The van der Waals surface area contributed by atoms with Crippen molar-refractivity contribution in [2.24, 2.45) is 0 Å². The minimum atomic E-state index is -1.03. The van der Waals surface area contributed by atoms with Gasteiger partial charge in [0.15, 0.2) is 0 Å². The van der Waals surface area contributed by atoms with Crippen LogP contribution in [-0.4, -0.2) is 31.6 Å². The first-order chi connectivity index (χ1) is 6.15. The summed E-state index contributed by atoms with van der Waals surface area (Å²) in [5.74, 6) is 0.282. The van der Waals surface area contributed by atoms with Crippen molar-refractivity contribution in [2.45, 2.75) is 12.2 Å². The van der Waals surface area contributed by atoms with Crippen molar-refractivity contribution in [3.8, 4) is 0 Å². The van der Waals surface area contributed by atoms with Crippen LogP contribution >= 0.6 is 15.9 Å². The normalized spacial score (nSPS) is 15.3. The zero-order chi connectivity index (χ0) is 9.84. The van der Waals surface area contributed by atoms with Crippen LogP contribution in [0.5, 0.6) is 0 Å². The van der Waals surface area contributed by atoms with Gasteiger partial charge in [0.05, 0.1) is 24.2 Å². The van der Waals surface area contributed by atoms with Gasteiger partial charge in [-0.2, -0.15) is 0 Å². The van der Waals surface area contributed by atoms with Gasteiger partial charge in [-0.15, -0.1) is 0 Å². The standard InChI is InChI=1S/C7H10BrN3O2/c8-1-5(12)7(13)4-2-11-6(9)3-10-4/h2-3,5,7,12-13H,1H2,(H2,9,11). The Morgan fingerprint density at radius 2 is 2.08 bits per heavy atom. The highest BCUT2D eigenvalue weighted by atomic mass is 79.9. The Balaban J connectivity index is 2.77. The van der Waals surface area contributed by atoms with E-state index in [0.29, 0.717) is 5.69 Å². The molecule has 0 saturated carbocycles. The highest BCUT2D eigenvalue weighted by Gasteiger charge is 2.18. The van der Waals surface area contributed by atoms with Crippen LogP contribution < -0.4 is 5.73 Å². The van der Waals surface area contributed by atoms with Crippen molar-refractivity contribution in [3.05, 3.63) is 18.1 Å². The fourth-order valence-corrected chi connectivity index (χ4v) is 1.14. The van der Waals surface area contributed by atoms with Gasteiger partial charge < -0.3 is 15.9 Å². The molecule has 2 atom stereocenters. The van der Waals surface area contributed by atoms with Gasteiger partial charge in [0.1, 0.15) is 11.9 Å². The highest BCUT2D eigenvalue weighted by Crippen LogP contribution is 2.15. The number of rotatable bonds is 3. The second-order valence-electron chi connectivity index (χ2n) is 2.53. The maximum Gasteiger partial charge on any atom is 0.141 e. The maximum atomic E-state index is 9.46. The van der Waals surface area contributed by atoms with Crippen LogP contribution in [0.25, 0.3) is 0 Å². The van der Waals surface area contributed by atoms with Crippen LogP contribution in [0.15, 0.2) is 12.4 Å². The van der Waals surface area contributed by atoms with E-state index in [4.69, 9.17) is 5.73 Å².